The Balaban J connectivity index is 2.86. The largest absolute Gasteiger partial charge is 0.368 e. The van der Waals surface area contributed by atoms with E-state index in [0.717, 1.165) is 12.1 Å². The van der Waals surface area contributed by atoms with Gasteiger partial charge >= 0.3 is 0 Å². The molecule has 7 heteroatoms. The molecule has 0 saturated carbocycles. The Hall–Kier alpha value is -2.49. The average Bonchev–Trinajstić information content (AvgIpc) is 2.37. The SMILES string of the molecule is C[C@H](C#N)C[C@@H](NC(=O)c1ccc(F)cc1F)C(N)=O. The van der Waals surface area contributed by atoms with Gasteiger partial charge in [0.25, 0.3) is 5.91 Å². The monoisotopic (exact) mass is 281 g/mol. The van der Waals surface area contributed by atoms with E-state index in [2.05, 4.69) is 5.32 Å². The number of nitrogens with zero attached hydrogens (tertiary/aromatic N) is 1. The van der Waals surface area contributed by atoms with Crippen molar-refractivity contribution in [3.05, 3.63) is 35.4 Å². The molecule has 0 aliphatic heterocycles. The number of rotatable bonds is 5. The summed E-state index contributed by atoms with van der Waals surface area (Å²) in [5.41, 5.74) is 4.71. The Morgan fingerprint density at radius 2 is 2.10 bits per heavy atom. The fraction of sp³-hybridized carbons (Fsp3) is 0.308. The first kappa shape index (κ1) is 15.6. The molecular weight excluding hydrogens is 268 g/mol. The Kier molecular flexibility index (Phi) is 5.15. The molecule has 1 aromatic carbocycles. The third-order valence-electron chi connectivity index (χ3n) is 2.63. The molecule has 0 bridgehead atoms. The Bertz CT molecular complexity index is 569. The molecule has 3 N–H and O–H groups in total. The molecule has 0 fully saturated rings. The van der Waals surface area contributed by atoms with Crippen molar-refractivity contribution < 1.29 is 18.4 Å². The molecular formula is C13H13F2N3O2. The molecule has 5 nitrogen and oxygen atoms in total. The van der Waals surface area contributed by atoms with Gasteiger partial charge in [-0.3, -0.25) is 9.59 Å². The summed E-state index contributed by atoms with van der Waals surface area (Å²) in [6, 6.07) is 3.26. The standard InChI is InChI=1S/C13H13F2N3O2/c1-7(6-16)4-11(12(17)19)18-13(20)9-3-2-8(14)5-10(9)15/h2-3,5,7,11H,4H2,1H3,(H2,17,19)(H,18,20)/t7-,11+/m0/s1. The molecule has 106 valence electrons. The summed E-state index contributed by atoms with van der Waals surface area (Å²) < 4.78 is 26.1. The molecule has 0 radical (unpaired) electrons. The minimum atomic E-state index is -1.10. The van der Waals surface area contributed by atoms with Crippen LogP contribution in [0.4, 0.5) is 8.78 Å². The maximum absolute atomic E-state index is 13.4. The molecule has 0 saturated heterocycles. The molecule has 0 spiro atoms. The van der Waals surface area contributed by atoms with Crippen LogP contribution in [0.5, 0.6) is 0 Å². The number of carbonyl (C=O) groups is 2. The summed E-state index contributed by atoms with van der Waals surface area (Å²) in [5, 5.41) is 10.9. The van der Waals surface area contributed by atoms with Crippen LogP contribution in [0.2, 0.25) is 0 Å². The van der Waals surface area contributed by atoms with Crippen molar-refractivity contribution in [3.8, 4) is 6.07 Å². The summed E-state index contributed by atoms with van der Waals surface area (Å²) in [4.78, 5) is 23.0. The first-order valence-corrected chi connectivity index (χ1v) is 5.80. The van der Waals surface area contributed by atoms with E-state index in [-0.39, 0.29) is 6.42 Å². The lowest BCUT2D eigenvalue weighted by molar-refractivity contribution is -0.120. The first-order chi connectivity index (χ1) is 9.35. The van der Waals surface area contributed by atoms with Gasteiger partial charge in [0.05, 0.1) is 11.6 Å². The van der Waals surface area contributed by atoms with Gasteiger partial charge in [0.1, 0.15) is 17.7 Å². The molecule has 0 aliphatic carbocycles. The molecule has 0 aliphatic rings. The van der Waals surface area contributed by atoms with E-state index in [1.54, 1.807) is 6.92 Å². The van der Waals surface area contributed by atoms with Gasteiger partial charge in [-0.2, -0.15) is 5.26 Å². The van der Waals surface area contributed by atoms with E-state index in [9.17, 15) is 18.4 Å². The Morgan fingerprint density at radius 3 is 2.60 bits per heavy atom. The quantitative estimate of drug-likeness (QED) is 0.845. The van der Waals surface area contributed by atoms with Crippen molar-refractivity contribution in [2.24, 2.45) is 11.7 Å². The van der Waals surface area contributed by atoms with Gasteiger partial charge in [0.15, 0.2) is 0 Å². The van der Waals surface area contributed by atoms with E-state index < -0.39 is 41.0 Å². The van der Waals surface area contributed by atoms with Gasteiger partial charge < -0.3 is 11.1 Å². The molecule has 20 heavy (non-hydrogen) atoms. The number of hydrogen-bond donors (Lipinski definition) is 2. The van der Waals surface area contributed by atoms with Crippen LogP contribution in [0.3, 0.4) is 0 Å². The van der Waals surface area contributed by atoms with E-state index in [0.29, 0.717) is 6.07 Å². The lowest BCUT2D eigenvalue weighted by atomic mass is 10.0. The number of carbonyl (C=O) groups excluding carboxylic acids is 2. The van der Waals surface area contributed by atoms with E-state index in [4.69, 9.17) is 11.0 Å². The average molecular weight is 281 g/mol. The molecule has 0 heterocycles. The number of nitrogens with one attached hydrogen (secondary N) is 1. The fourth-order valence-corrected chi connectivity index (χ4v) is 1.56. The molecule has 2 atom stereocenters. The van der Waals surface area contributed by atoms with Crippen molar-refractivity contribution in [1.82, 2.24) is 5.32 Å². The number of hydrogen-bond acceptors (Lipinski definition) is 3. The Morgan fingerprint density at radius 1 is 1.45 bits per heavy atom. The summed E-state index contributed by atoms with van der Waals surface area (Å²) in [6.45, 7) is 1.56. The third-order valence-corrected chi connectivity index (χ3v) is 2.63. The lowest BCUT2D eigenvalue weighted by Crippen LogP contribution is -2.45. The van der Waals surface area contributed by atoms with Crippen molar-refractivity contribution in [1.29, 1.82) is 5.26 Å². The second-order valence-electron chi connectivity index (χ2n) is 4.32. The van der Waals surface area contributed by atoms with Gasteiger partial charge in [-0.15, -0.1) is 0 Å². The van der Waals surface area contributed by atoms with Gasteiger partial charge in [0.2, 0.25) is 5.91 Å². The normalized spacial score (nSPS) is 13.1. The highest BCUT2D eigenvalue weighted by Gasteiger charge is 2.23. The maximum atomic E-state index is 13.4. The van der Waals surface area contributed by atoms with Crippen LogP contribution in [0.1, 0.15) is 23.7 Å². The number of benzene rings is 1. The predicted octanol–water partition coefficient (Wildman–Crippen LogP) is 1.10. The zero-order valence-electron chi connectivity index (χ0n) is 10.7. The minimum absolute atomic E-state index is 0.0143. The molecule has 0 unspecified atom stereocenters. The highest BCUT2D eigenvalue weighted by atomic mass is 19.1. The molecule has 1 aromatic rings. The number of halogens is 2. The first-order valence-electron chi connectivity index (χ1n) is 5.80. The van der Waals surface area contributed by atoms with E-state index in [1.165, 1.54) is 0 Å². The van der Waals surface area contributed by atoms with Crippen LogP contribution in [0.25, 0.3) is 0 Å². The zero-order chi connectivity index (χ0) is 15.3. The van der Waals surface area contributed by atoms with Crippen LogP contribution >= 0.6 is 0 Å². The van der Waals surface area contributed by atoms with Crippen LogP contribution < -0.4 is 11.1 Å². The highest BCUT2D eigenvalue weighted by molar-refractivity contribution is 5.97. The lowest BCUT2D eigenvalue weighted by Gasteiger charge is -2.16. The smallest absolute Gasteiger partial charge is 0.254 e. The van der Waals surface area contributed by atoms with Gasteiger partial charge in [0, 0.05) is 12.0 Å². The summed E-state index contributed by atoms with van der Waals surface area (Å²) in [6.07, 6.45) is 0.0143. The summed E-state index contributed by atoms with van der Waals surface area (Å²) in [5.74, 6) is -4.09. The van der Waals surface area contributed by atoms with E-state index >= 15 is 0 Å². The second-order valence-corrected chi connectivity index (χ2v) is 4.32. The van der Waals surface area contributed by atoms with Gasteiger partial charge in [-0.25, -0.2) is 8.78 Å². The number of nitrogens with two attached hydrogens (primary N) is 1. The fourth-order valence-electron chi connectivity index (χ4n) is 1.56. The second kappa shape index (κ2) is 6.61. The van der Waals surface area contributed by atoms with Gasteiger partial charge in [-0.1, -0.05) is 0 Å². The maximum Gasteiger partial charge on any atom is 0.254 e. The molecule has 0 aromatic heterocycles. The van der Waals surface area contributed by atoms with Crippen molar-refractivity contribution >= 4 is 11.8 Å². The highest BCUT2D eigenvalue weighted by Crippen LogP contribution is 2.11. The minimum Gasteiger partial charge on any atom is -0.368 e. The van der Waals surface area contributed by atoms with Crippen molar-refractivity contribution in [2.75, 3.05) is 0 Å². The van der Waals surface area contributed by atoms with Crippen molar-refractivity contribution in [3.63, 3.8) is 0 Å². The topological polar surface area (TPSA) is 96.0 Å². The summed E-state index contributed by atoms with van der Waals surface area (Å²) >= 11 is 0. The number of primary amides is 1. The number of nitriles is 1. The van der Waals surface area contributed by atoms with E-state index in [1.807, 2.05) is 6.07 Å². The van der Waals surface area contributed by atoms with Crippen molar-refractivity contribution in [2.45, 2.75) is 19.4 Å². The molecule has 1 rings (SSSR count). The summed E-state index contributed by atoms with van der Waals surface area (Å²) in [7, 11) is 0. The van der Waals surface area contributed by atoms with Gasteiger partial charge in [-0.05, 0) is 25.5 Å². The zero-order valence-corrected chi connectivity index (χ0v) is 10.7. The number of amides is 2. The van der Waals surface area contributed by atoms with Crippen LogP contribution in [0.15, 0.2) is 18.2 Å². The van der Waals surface area contributed by atoms with Crippen LogP contribution in [-0.4, -0.2) is 17.9 Å². The Labute approximate surface area is 114 Å². The van der Waals surface area contributed by atoms with Crippen LogP contribution in [0, 0.1) is 28.9 Å². The third kappa shape index (κ3) is 4.02. The molecule has 2 amide bonds. The van der Waals surface area contributed by atoms with Crippen LogP contribution in [-0.2, 0) is 4.79 Å². The predicted molar refractivity (Wildman–Crippen MR) is 66.2 cm³/mol.